The first-order chi connectivity index (χ1) is 6.90. The fraction of sp³-hybridized carbons (Fsp3) is 0.0909. The van der Waals surface area contributed by atoms with Gasteiger partial charge in [0.05, 0.1) is 0 Å². The molecule has 0 amide bonds. The summed E-state index contributed by atoms with van der Waals surface area (Å²) >= 11 is 0.0439. The topological polar surface area (TPSA) is 9.23 Å². The number of halogens is 1. The Balaban J connectivity index is 2.24. The van der Waals surface area contributed by atoms with Crippen molar-refractivity contribution in [1.82, 2.24) is 0 Å². The van der Waals surface area contributed by atoms with Gasteiger partial charge in [-0.1, -0.05) is 0 Å². The molecular weight excluding hydrogens is 306 g/mol. The molecule has 0 fully saturated rings. The molecule has 2 rings (SSSR count). The zero-order valence-electron chi connectivity index (χ0n) is 7.86. The Bertz CT molecular complexity index is 367. The average molecular weight is 318 g/mol. The predicted octanol–water partition coefficient (Wildman–Crippen LogP) is 3.86. The molecule has 1 nitrogen and oxygen atoms in total. The van der Waals surface area contributed by atoms with Crippen LogP contribution in [0.25, 0.3) is 3.58 Å². The first-order valence-corrected chi connectivity index (χ1v) is 9.98. The Labute approximate surface area is 95.6 Å². The molecule has 1 aliphatic rings. The Morgan fingerprint density at radius 3 is 2.57 bits per heavy atom. The molecule has 1 aliphatic heterocycles. The van der Waals surface area contributed by atoms with Crippen molar-refractivity contribution >= 4 is 30.5 Å². The molecular formula is C11H12IOP. The number of hydrogen-bond acceptors (Lipinski definition) is 1. The molecule has 1 unspecified atom stereocenters. The number of ether oxygens (including phenoxy) is 1. The third-order valence-corrected chi connectivity index (χ3v) is 7.74. The van der Waals surface area contributed by atoms with E-state index in [2.05, 4.69) is 30.1 Å². The van der Waals surface area contributed by atoms with Gasteiger partial charge in [0.2, 0.25) is 0 Å². The van der Waals surface area contributed by atoms with Gasteiger partial charge in [-0.25, -0.2) is 0 Å². The third kappa shape index (κ3) is 2.37. The van der Waals surface area contributed by atoms with Crippen molar-refractivity contribution in [1.29, 1.82) is 0 Å². The van der Waals surface area contributed by atoms with E-state index in [1.807, 2.05) is 12.1 Å². The second kappa shape index (κ2) is 4.94. The minimum atomic E-state index is 0.0439. The maximum absolute atomic E-state index is 5.14. The van der Waals surface area contributed by atoms with Crippen molar-refractivity contribution in [2.75, 3.05) is 7.11 Å². The molecule has 0 aromatic heterocycles. The van der Waals surface area contributed by atoms with Crippen LogP contribution in [0.2, 0.25) is 0 Å². The van der Waals surface area contributed by atoms with Gasteiger partial charge in [0.1, 0.15) is 0 Å². The summed E-state index contributed by atoms with van der Waals surface area (Å²) in [7, 11) is 1.70. The van der Waals surface area contributed by atoms with Gasteiger partial charge in [0, 0.05) is 0 Å². The van der Waals surface area contributed by atoms with Gasteiger partial charge in [-0.05, 0) is 0 Å². The summed E-state index contributed by atoms with van der Waals surface area (Å²) in [6, 6.07) is 8.37. The quantitative estimate of drug-likeness (QED) is 0.594. The van der Waals surface area contributed by atoms with E-state index < -0.39 is 0 Å². The molecule has 1 heterocycles. The molecule has 0 saturated heterocycles. The Morgan fingerprint density at radius 1 is 1.21 bits per heavy atom. The zero-order chi connectivity index (χ0) is 9.80. The predicted molar refractivity (Wildman–Crippen MR) is 73.8 cm³/mol. The molecule has 1 aromatic carbocycles. The van der Waals surface area contributed by atoms with E-state index >= 15 is 0 Å². The molecule has 1 atom stereocenters. The average Bonchev–Trinajstić information content (AvgIpc) is 2.30. The Morgan fingerprint density at radius 2 is 2.00 bits per heavy atom. The van der Waals surface area contributed by atoms with E-state index in [1.54, 1.807) is 10.7 Å². The van der Waals surface area contributed by atoms with Crippen LogP contribution in [0.15, 0.2) is 42.2 Å². The van der Waals surface area contributed by atoms with E-state index in [0.29, 0.717) is 0 Å². The van der Waals surface area contributed by atoms with Crippen molar-refractivity contribution in [3.8, 4) is 5.75 Å². The number of methoxy groups -OCH3 is 1. The Kier molecular flexibility index (Phi) is 3.60. The van der Waals surface area contributed by atoms with Crippen molar-refractivity contribution in [2.24, 2.45) is 0 Å². The van der Waals surface area contributed by atoms with Gasteiger partial charge in [-0.15, -0.1) is 0 Å². The van der Waals surface area contributed by atoms with Crippen molar-refractivity contribution in [3.05, 3.63) is 47.8 Å². The number of hydrogen-bond donors (Lipinski definition) is 0. The van der Waals surface area contributed by atoms with Crippen LogP contribution in [0.4, 0.5) is 0 Å². The summed E-state index contributed by atoms with van der Waals surface area (Å²) in [5.74, 6) is 3.22. The SMILES string of the molecule is COc1ccc(C2=CC=CP[IH]2)cc1. The van der Waals surface area contributed by atoms with E-state index in [-0.39, 0.29) is 20.7 Å². The van der Waals surface area contributed by atoms with Gasteiger partial charge < -0.3 is 0 Å². The first-order valence-electron chi connectivity index (χ1n) is 4.34. The summed E-state index contributed by atoms with van der Waals surface area (Å²) in [6.45, 7) is 0. The first kappa shape index (κ1) is 10.2. The molecule has 0 saturated carbocycles. The molecule has 0 radical (unpaired) electrons. The van der Waals surface area contributed by atoms with Crippen LogP contribution in [0.3, 0.4) is 0 Å². The molecule has 0 aliphatic carbocycles. The van der Waals surface area contributed by atoms with Gasteiger partial charge in [-0.3, -0.25) is 0 Å². The van der Waals surface area contributed by atoms with Crippen LogP contribution < -0.4 is 4.74 Å². The summed E-state index contributed by atoms with van der Waals surface area (Å²) in [4.78, 5) is 0. The number of rotatable bonds is 2. The third-order valence-electron chi connectivity index (χ3n) is 1.96. The van der Waals surface area contributed by atoms with Gasteiger partial charge in [-0.2, -0.15) is 0 Å². The normalized spacial score (nSPS) is 17.4. The monoisotopic (exact) mass is 318 g/mol. The molecule has 74 valence electrons. The molecule has 1 aromatic rings. The second-order valence-electron chi connectivity index (χ2n) is 2.84. The van der Waals surface area contributed by atoms with Crippen LogP contribution in [0.5, 0.6) is 5.75 Å². The fourth-order valence-corrected chi connectivity index (χ4v) is 6.32. The summed E-state index contributed by atoms with van der Waals surface area (Å²) in [5, 5.41) is 0. The van der Waals surface area contributed by atoms with E-state index in [1.165, 1.54) is 5.56 Å². The van der Waals surface area contributed by atoms with Crippen LogP contribution in [0.1, 0.15) is 5.56 Å². The zero-order valence-corrected chi connectivity index (χ0v) is 11.2. The minimum absolute atomic E-state index is 0.0439. The Hall–Kier alpha value is -0.340. The van der Waals surface area contributed by atoms with Crippen LogP contribution >= 0.6 is 26.9 Å². The van der Waals surface area contributed by atoms with Crippen molar-refractivity contribution in [3.63, 3.8) is 0 Å². The van der Waals surface area contributed by atoms with E-state index in [4.69, 9.17) is 4.74 Å². The summed E-state index contributed by atoms with van der Waals surface area (Å²) < 4.78 is 6.69. The van der Waals surface area contributed by atoms with Crippen molar-refractivity contribution in [2.45, 2.75) is 0 Å². The van der Waals surface area contributed by atoms with Crippen LogP contribution in [-0.4, -0.2) is 7.11 Å². The van der Waals surface area contributed by atoms with Gasteiger partial charge in [0.25, 0.3) is 0 Å². The molecule has 0 spiro atoms. The number of benzene rings is 1. The second-order valence-corrected chi connectivity index (χ2v) is 8.63. The fourth-order valence-electron chi connectivity index (χ4n) is 1.22. The van der Waals surface area contributed by atoms with Gasteiger partial charge in [0.15, 0.2) is 0 Å². The van der Waals surface area contributed by atoms with E-state index in [0.717, 1.165) is 12.0 Å². The molecule has 3 heteroatoms. The molecule has 0 bridgehead atoms. The molecule has 14 heavy (non-hydrogen) atoms. The van der Waals surface area contributed by atoms with Crippen LogP contribution in [-0.2, 0) is 0 Å². The maximum atomic E-state index is 5.14. The van der Waals surface area contributed by atoms with Crippen molar-refractivity contribution < 1.29 is 4.74 Å². The van der Waals surface area contributed by atoms with Gasteiger partial charge >= 0.3 is 95.9 Å². The van der Waals surface area contributed by atoms with Crippen LogP contribution in [0, 0.1) is 0 Å². The van der Waals surface area contributed by atoms with E-state index in [9.17, 15) is 0 Å². The summed E-state index contributed by atoms with van der Waals surface area (Å²) in [6.07, 6.45) is 5.48. The standard InChI is InChI=1S/C11H12IOP/c1-13-10-6-4-9(5-7-10)11-3-2-8-14-12-11/h2-8,12,14H,1H3. The number of allylic oxidation sites excluding steroid dienone is 2. The summed E-state index contributed by atoms with van der Waals surface area (Å²) in [5.41, 5.74) is 1.37. The molecule has 0 N–H and O–H groups in total.